The van der Waals surface area contributed by atoms with Crippen molar-refractivity contribution in [3.05, 3.63) is 81.4 Å². The number of benzene rings is 2. The van der Waals surface area contributed by atoms with Crippen LogP contribution in [0, 0.1) is 35.7 Å². The topological polar surface area (TPSA) is 123 Å². The highest BCUT2D eigenvalue weighted by Gasteiger charge is 2.22. The molecule has 8 nitrogen and oxygen atoms in total. The van der Waals surface area contributed by atoms with Crippen molar-refractivity contribution >= 4 is 22.5 Å². The van der Waals surface area contributed by atoms with Gasteiger partial charge in [-0.3, -0.25) is 9.36 Å². The molecule has 33 heavy (non-hydrogen) atoms. The molecule has 2 aromatic heterocycles. The van der Waals surface area contributed by atoms with E-state index in [-0.39, 0.29) is 39.6 Å². The lowest BCUT2D eigenvalue weighted by atomic mass is 10.2. The van der Waals surface area contributed by atoms with Gasteiger partial charge in [0.2, 0.25) is 0 Å². The van der Waals surface area contributed by atoms with Crippen LogP contribution in [-0.4, -0.2) is 19.5 Å². The summed E-state index contributed by atoms with van der Waals surface area (Å²) in [7, 11) is 0. The van der Waals surface area contributed by atoms with Crippen LogP contribution in [0.5, 0.6) is 0 Å². The Hall–Kier alpha value is -4.46. The summed E-state index contributed by atoms with van der Waals surface area (Å²) in [5.74, 6) is -2.35. The van der Waals surface area contributed by atoms with Gasteiger partial charge in [0.25, 0.3) is 5.56 Å². The van der Waals surface area contributed by atoms with E-state index < -0.39 is 29.1 Å². The number of aryl methyl sites for hydroxylation is 1. The fourth-order valence-electron chi connectivity index (χ4n) is 3.49. The maximum absolute atomic E-state index is 14.5. The fourth-order valence-corrected chi connectivity index (χ4v) is 3.49. The highest BCUT2D eigenvalue weighted by Crippen LogP contribution is 2.25. The molecule has 0 saturated carbocycles. The highest BCUT2D eigenvalue weighted by atomic mass is 19.1. The molecule has 0 aliphatic carbocycles. The molecule has 166 valence electrons. The van der Waals surface area contributed by atoms with Crippen LogP contribution in [0.15, 0.2) is 41.2 Å². The van der Waals surface area contributed by atoms with Crippen LogP contribution in [0.1, 0.15) is 30.2 Å². The van der Waals surface area contributed by atoms with Crippen LogP contribution < -0.4 is 16.6 Å². The molecule has 0 fully saturated rings. The molecule has 3 N–H and O–H groups in total. The van der Waals surface area contributed by atoms with Crippen LogP contribution in [0.2, 0.25) is 0 Å². The van der Waals surface area contributed by atoms with Gasteiger partial charge in [-0.25, -0.2) is 28.1 Å². The maximum atomic E-state index is 14.5. The molecule has 1 atom stereocenters. The van der Waals surface area contributed by atoms with E-state index in [2.05, 4.69) is 20.3 Å². The second-order valence-electron chi connectivity index (χ2n) is 7.23. The van der Waals surface area contributed by atoms with Gasteiger partial charge in [0.15, 0.2) is 5.82 Å². The third kappa shape index (κ3) is 3.94. The van der Waals surface area contributed by atoms with E-state index in [1.807, 2.05) is 6.07 Å². The normalized spacial score (nSPS) is 11.9. The Morgan fingerprint density at radius 2 is 1.82 bits per heavy atom. The van der Waals surface area contributed by atoms with Gasteiger partial charge in [-0.15, -0.1) is 0 Å². The average Bonchev–Trinajstić information content (AvgIpc) is 2.72. The minimum absolute atomic E-state index is 0.00169. The lowest BCUT2D eigenvalue weighted by Gasteiger charge is -2.21. The summed E-state index contributed by atoms with van der Waals surface area (Å²) in [5, 5.41) is 12.1. The minimum atomic E-state index is -0.928. The van der Waals surface area contributed by atoms with Crippen LogP contribution in [0.25, 0.3) is 16.6 Å². The number of nitrogens with one attached hydrogen (secondary N) is 1. The quantitative estimate of drug-likeness (QED) is 0.487. The minimum Gasteiger partial charge on any atom is -0.382 e. The van der Waals surface area contributed by atoms with Gasteiger partial charge in [0.05, 0.1) is 17.2 Å². The molecule has 0 aliphatic heterocycles. The smallest absolute Gasteiger partial charge is 0.269 e. The molecule has 0 radical (unpaired) electrons. The number of aromatic nitrogens is 4. The Labute approximate surface area is 185 Å². The van der Waals surface area contributed by atoms with Gasteiger partial charge in [0, 0.05) is 6.07 Å². The van der Waals surface area contributed by atoms with Crippen molar-refractivity contribution in [2.75, 3.05) is 11.1 Å². The largest absolute Gasteiger partial charge is 0.382 e. The molecule has 4 rings (SSSR count). The molecule has 0 unspecified atom stereocenters. The highest BCUT2D eigenvalue weighted by molar-refractivity contribution is 5.78. The second-order valence-corrected chi connectivity index (χ2v) is 7.23. The van der Waals surface area contributed by atoms with Gasteiger partial charge in [-0.2, -0.15) is 5.26 Å². The predicted molar refractivity (Wildman–Crippen MR) is 115 cm³/mol. The zero-order valence-electron chi connectivity index (χ0n) is 17.4. The monoisotopic (exact) mass is 451 g/mol. The molecular weight excluding hydrogens is 435 g/mol. The number of nitrogens with zero attached hydrogens (tertiary/aromatic N) is 5. The number of nitriles is 1. The first-order valence-electron chi connectivity index (χ1n) is 9.68. The molecular formula is C22H16F3N7O. The molecule has 0 amide bonds. The van der Waals surface area contributed by atoms with Gasteiger partial charge in [0.1, 0.15) is 51.9 Å². The molecule has 2 aromatic carbocycles. The SMILES string of the molecule is Cc1nc(N)c(C#N)c(N[C@@H](C)c2nc3cccc(F)c3c(=O)n2-c2cc(F)cc(F)c2)n1. The number of nitrogens with two attached hydrogens (primary N) is 1. The summed E-state index contributed by atoms with van der Waals surface area (Å²) in [4.78, 5) is 25.8. The number of hydrogen-bond acceptors (Lipinski definition) is 7. The first kappa shape index (κ1) is 21.8. The zero-order chi connectivity index (χ0) is 23.9. The summed E-state index contributed by atoms with van der Waals surface area (Å²) < 4.78 is 43.3. The maximum Gasteiger partial charge on any atom is 0.269 e. The number of nitrogen functional groups attached to an aromatic ring is 1. The van der Waals surface area contributed by atoms with Crippen molar-refractivity contribution in [2.45, 2.75) is 19.9 Å². The van der Waals surface area contributed by atoms with Gasteiger partial charge < -0.3 is 11.1 Å². The van der Waals surface area contributed by atoms with E-state index in [1.165, 1.54) is 12.1 Å². The lowest BCUT2D eigenvalue weighted by molar-refractivity contribution is 0.579. The van der Waals surface area contributed by atoms with Crippen LogP contribution >= 0.6 is 0 Å². The van der Waals surface area contributed by atoms with E-state index in [1.54, 1.807) is 13.8 Å². The molecule has 2 heterocycles. The van der Waals surface area contributed by atoms with E-state index in [0.29, 0.717) is 11.9 Å². The van der Waals surface area contributed by atoms with E-state index in [4.69, 9.17) is 5.73 Å². The van der Waals surface area contributed by atoms with Crippen molar-refractivity contribution in [2.24, 2.45) is 0 Å². The Kier molecular flexibility index (Phi) is 5.43. The van der Waals surface area contributed by atoms with Crippen molar-refractivity contribution in [3.8, 4) is 11.8 Å². The summed E-state index contributed by atoms with van der Waals surface area (Å²) in [5.41, 5.74) is 4.80. The van der Waals surface area contributed by atoms with E-state index >= 15 is 0 Å². The third-order valence-electron chi connectivity index (χ3n) is 4.88. The number of anilines is 2. The molecule has 0 aliphatic rings. The van der Waals surface area contributed by atoms with Gasteiger partial charge >= 0.3 is 0 Å². The second kappa shape index (κ2) is 8.23. The molecule has 0 spiro atoms. The van der Waals surface area contributed by atoms with Crippen molar-refractivity contribution in [3.63, 3.8) is 0 Å². The van der Waals surface area contributed by atoms with Gasteiger partial charge in [-0.05, 0) is 38.1 Å². The lowest BCUT2D eigenvalue weighted by Crippen LogP contribution is -2.28. The van der Waals surface area contributed by atoms with Crippen LogP contribution in [0.3, 0.4) is 0 Å². The summed E-state index contributed by atoms with van der Waals surface area (Å²) in [6, 6.07) is 7.51. The average molecular weight is 451 g/mol. The molecule has 0 bridgehead atoms. The Morgan fingerprint density at radius 1 is 1.12 bits per heavy atom. The van der Waals surface area contributed by atoms with Crippen molar-refractivity contribution in [1.82, 2.24) is 19.5 Å². The number of hydrogen-bond donors (Lipinski definition) is 2. The number of fused-ring (bicyclic) bond motifs is 1. The zero-order valence-corrected chi connectivity index (χ0v) is 17.4. The Balaban J connectivity index is 1.97. The summed E-state index contributed by atoms with van der Waals surface area (Å²) in [6.07, 6.45) is 0. The fraction of sp³-hybridized carbons (Fsp3) is 0.136. The van der Waals surface area contributed by atoms with E-state index in [9.17, 15) is 23.2 Å². The Bertz CT molecular complexity index is 1490. The van der Waals surface area contributed by atoms with Crippen molar-refractivity contribution in [1.29, 1.82) is 5.26 Å². The van der Waals surface area contributed by atoms with Crippen LogP contribution in [-0.2, 0) is 0 Å². The molecule has 11 heteroatoms. The van der Waals surface area contributed by atoms with Crippen LogP contribution in [0.4, 0.5) is 24.8 Å². The van der Waals surface area contributed by atoms with Crippen molar-refractivity contribution < 1.29 is 13.2 Å². The summed E-state index contributed by atoms with van der Waals surface area (Å²) in [6.45, 7) is 3.17. The summed E-state index contributed by atoms with van der Waals surface area (Å²) >= 11 is 0. The third-order valence-corrected chi connectivity index (χ3v) is 4.88. The number of rotatable bonds is 4. The Morgan fingerprint density at radius 3 is 2.48 bits per heavy atom. The molecule has 4 aromatic rings. The van der Waals surface area contributed by atoms with E-state index in [0.717, 1.165) is 22.8 Å². The first-order valence-corrected chi connectivity index (χ1v) is 9.68. The standard InChI is InChI=1S/C22H16F3N7O/c1-10(28-20-15(9-26)19(27)29-11(2)30-20)21-31-17-5-3-4-16(25)18(17)22(33)32(21)14-7-12(23)6-13(24)8-14/h3-8,10H,1-2H3,(H3,27,28,29,30)/t10-/m0/s1. The first-order chi connectivity index (χ1) is 15.7. The van der Waals surface area contributed by atoms with Gasteiger partial charge in [-0.1, -0.05) is 6.07 Å². The number of halogens is 3. The predicted octanol–water partition coefficient (Wildman–Crippen LogP) is 3.53. The molecule has 0 saturated heterocycles.